The minimum absolute atomic E-state index is 0.277. The van der Waals surface area contributed by atoms with E-state index in [4.69, 9.17) is 4.74 Å². The van der Waals surface area contributed by atoms with Crippen molar-refractivity contribution in [3.63, 3.8) is 0 Å². The second kappa shape index (κ2) is 2.31. The average molecular weight is 209 g/mol. The molecule has 5 nitrogen and oxygen atoms in total. The van der Waals surface area contributed by atoms with E-state index >= 15 is 0 Å². The van der Waals surface area contributed by atoms with Crippen LogP contribution >= 0.6 is 0 Å². The number of hydrogen-bond donors (Lipinski definition) is 2. The zero-order chi connectivity index (χ0) is 10.8. The number of nitrogens with one attached hydrogen (secondary N) is 1. The number of aliphatic hydroxyl groups excluding tert-OH is 1. The van der Waals surface area contributed by atoms with Gasteiger partial charge in [-0.3, -0.25) is 14.9 Å². The van der Waals surface area contributed by atoms with Gasteiger partial charge in [0.05, 0.1) is 24.0 Å². The van der Waals surface area contributed by atoms with Gasteiger partial charge in [-0.1, -0.05) is 12.2 Å². The predicted molar refractivity (Wildman–Crippen MR) is 48.6 cm³/mol. The average Bonchev–Trinajstić information content (AvgIpc) is 2.75. The fourth-order valence-corrected chi connectivity index (χ4v) is 2.98. The maximum absolute atomic E-state index is 11.6. The van der Waals surface area contributed by atoms with Crippen molar-refractivity contribution in [2.75, 3.05) is 6.61 Å². The first kappa shape index (κ1) is 9.06. The summed E-state index contributed by atoms with van der Waals surface area (Å²) in [7, 11) is 0. The lowest BCUT2D eigenvalue weighted by Gasteiger charge is -2.24. The molecule has 3 aliphatic heterocycles. The third kappa shape index (κ3) is 0.815. The van der Waals surface area contributed by atoms with Gasteiger partial charge in [-0.2, -0.15) is 0 Å². The molecule has 0 aliphatic carbocycles. The van der Waals surface area contributed by atoms with Crippen molar-refractivity contribution in [2.45, 2.75) is 18.1 Å². The Morgan fingerprint density at radius 2 is 2.07 bits per heavy atom. The van der Waals surface area contributed by atoms with Gasteiger partial charge in [0, 0.05) is 0 Å². The lowest BCUT2D eigenvalue weighted by Crippen LogP contribution is -2.42. The van der Waals surface area contributed by atoms with E-state index in [0.29, 0.717) is 0 Å². The summed E-state index contributed by atoms with van der Waals surface area (Å²) >= 11 is 0. The van der Waals surface area contributed by atoms with E-state index < -0.39 is 23.0 Å². The Bertz CT molecular complexity index is 404. The van der Waals surface area contributed by atoms with E-state index in [1.807, 2.05) is 0 Å². The molecule has 2 bridgehead atoms. The summed E-state index contributed by atoms with van der Waals surface area (Å²) in [5.41, 5.74) is -1.74. The van der Waals surface area contributed by atoms with Crippen molar-refractivity contribution in [1.82, 2.24) is 5.32 Å². The Morgan fingerprint density at radius 3 is 2.73 bits per heavy atom. The van der Waals surface area contributed by atoms with E-state index in [9.17, 15) is 14.7 Å². The molecule has 0 aromatic heterocycles. The van der Waals surface area contributed by atoms with Gasteiger partial charge in [-0.25, -0.2) is 0 Å². The number of fused-ring (bicyclic) bond motifs is 5. The fourth-order valence-electron chi connectivity index (χ4n) is 2.98. The predicted octanol–water partition coefficient (Wildman–Crippen LogP) is -1.03. The van der Waals surface area contributed by atoms with Crippen molar-refractivity contribution in [3.05, 3.63) is 12.2 Å². The van der Waals surface area contributed by atoms with Crippen LogP contribution in [0.3, 0.4) is 0 Å². The van der Waals surface area contributed by atoms with Crippen LogP contribution in [0, 0.1) is 11.8 Å². The molecule has 15 heavy (non-hydrogen) atoms. The van der Waals surface area contributed by atoms with Crippen molar-refractivity contribution < 1.29 is 19.4 Å². The highest BCUT2D eigenvalue weighted by Crippen LogP contribution is 2.55. The summed E-state index contributed by atoms with van der Waals surface area (Å²) in [6.07, 6.45) is 3.47. The maximum Gasteiger partial charge on any atom is 0.233 e. The zero-order valence-electron chi connectivity index (χ0n) is 8.19. The van der Waals surface area contributed by atoms with Crippen LogP contribution in [0.15, 0.2) is 12.2 Å². The number of hydrogen-bond acceptors (Lipinski definition) is 4. The molecule has 3 rings (SSSR count). The highest BCUT2D eigenvalue weighted by Gasteiger charge is 2.69. The first-order valence-corrected chi connectivity index (χ1v) is 4.88. The van der Waals surface area contributed by atoms with Crippen LogP contribution in [0.4, 0.5) is 0 Å². The summed E-state index contributed by atoms with van der Waals surface area (Å²) in [6.45, 7) is 1.49. The van der Waals surface area contributed by atoms with E-state index in [1.165, 1.54) is 0 Å². The lowest BCUT2D eigenvalue weighted by atomic mass is 9.73. The minimum atomic E-state index is -0.990. The van der Waals surface area contributed by atoms with Crippen molar-refractivity contribution in [1.29, 1.82) is 0 Å². The van der Waals surface area contributed by atoms with Gasteiger partial charge in [0.15, 0.2) is 0 Å². The number of ether oxygens (including phenoxy) is 1. The third-order valence-corrected chi connectivity index (χ3v) is 3.64. The molecule has 0 unspecified atom stereocenters. The van der Waals surface area contributed by atoms with Crippen LogP contribution in [0.1, 0.15) is 6.92 Å². The molecule has 3 aliphatic rings. The third-order valence-electron chi connectivity index (χ3n) is 3.64. The quantitative estimate of drug-likeness (QED) is 0.427. The standard InChI is InChI=1S/C10H11NO4/c1-9-2-3-10(4-12,15-9)6-5(9)7(13)11-8(6)14/h2-3,5-6,12H,4H2,1H3,(H,11,13,14)/t5-,6-,9-,10-/m0/s1. The Labute approximate surface area is 86.1 Å². The van der Waals surface area contributed by atoms with Gasteiger partial charge < -0.3 is 9.84 Å². The molecule has 2 N–H and O–H groups in total. The van der Waals surface area contributed by atoms with Gasteiger partial charge in [0.2, 0.25) is 11.8 Å². The highest BCUT2D eigenvalue weighted by atomic mass is 16.5. The number of carbonyl (C=O) groups is 2. The first-order valence-electron chi connectivity index (χ1n) is 4.88. The van der Waals surface area contributed by atoms with Crippen LogP contribution in [0.5, 0.6) is 0 Å². The Balaban J connectivity index is 2.16. The second-order valence-electron chi connectivity index (χ2n) is 4.54. The fraction of sp³-hybridized carbons (Fsp3) is 0.600. The number of rotatable bonds is 1. The Kier molecular flexibility index (Phi) is 1.39. The van der Waals surface area contributed by atoms with E-state index in [2.05, 4.69) is 5.32 Å². The second-order valence-corrected chi connectivity index (χ2v) is 4.54. The van der Waals surface area contributed by atoms with Crippen LogP contribution in [-0.2, 0) is 14.3 Å². The smallest absolute Gasteiger partial charge is 0.233 e. The zero-order valence-corrected chi connectivity index (χ0v) is 8.19. The monoisotopic (exact) mass is 209 g/mol. The molecule has 4 atom stereocenters. The molecule has 0 spiro atoms. The van der Waals surface area contributed by atoms with Crippen molar-refractivity contribution in [3.8, 4) is 0 Å². The van der Waals surface area contributed by atoms with E-state index in [-0.39, 0.29) is 18.4 Å². The van der Waals surface area contributed by atoms with Gasteiger partial charge in [0.25, 0.3) is 0 Å². The molecule has 2 amide bonds. The largest absolute Gasteiger partial charge is 0.393 e. The lowest BCUT2D eigenvalue weighted by molar-refractivity contribution is -0.134. The topological polar surface area (TPSA) is 75.6 Å². The maximum atomic E-state index is 11.6. The van der Waals surface area contributed by atoms with Crippen molar-refractivity contribution >= 4 is 11.8 Å². The summed E-state index contributed by atoms with van der Waals surface area (Å²) in [6, 6.07) is 0. The van der Waals surface area contributed by atoms with Crippen molar-refractivity contribution in [2.24, 2.45) is 11.8 Å². The van der Waals surface area contributed by atoms with Gasteiger partial charge >= 0.3 is 0 Å². The molecular weight excluding hydrogens is 198 g/mol. The molecule has 3 heterocycles. The molecular formula is C10H11NO4. The van der Waals surface area contributed by atoms with Gasteiger partial charge in [-0.05, 0) is 6.92 Å². The van der Waals surface area contributed by atoms with Crippen LogP contribution < -0.4 is 5.32 Å². The highest BCUT2D eigenvalue weighted by molar-refractivity contribution is 6.07. The van der Waals surface area contributed by atoms with Crippen LogP contribution in [-0.4, -0.2) is 34.7 Å². The molecule has 0 radical (unpaired) electrons. The molecule has 0 aromatic rings. The van der Waals surface area contributed by atoms with Crippen LogP contribution in [0.2, 0.25) is 0 Å². The van der Waals surface area contributed by atoms with E-state index in [1.54, 1.807) is 19.1 Å². The molecule has 0 aromatic carbocycles. The molecule has 0 saturated carbocycles. The van der Waals surface area contributed by atoms with Crippen LogP contribution in [0.25, 0.3) is 0 Å². The molecule has 2 fully saturated rings. The summed E-state index contributed by atoms with van der Waals surface area (Å²) < 4.78 is 5.66. The Hall–Kier alpha value is -1.20. The summed E-state index contributed by atoms with van der Waals surface area (Å²) in [5, 5.41) is 11.6. The molecule has 2 saturated heterocycles. The summed E-state index contributed by atoms with van der Waals surface area (Å²) in [4.78, 5) is 23.2. The molecule has 80 valence electrons. The SMILES string of the molecule is C[C@@]12C=C[C@@](CO)(O1)[C@@H]1C(=O)NC(=O)[C@H]12. The number of imide groups is 1. The molecule has 5 heteroatoms. The van der Waals surface area contributed by atoms with E-state index in [0.717, 1.165) is 0 Å². The number of aliphatic hydroxyl groups is 1. The Morgan fingerprint density at radius 1 is 1.40 bits per heavy atom. The van der Waals surface area contributed by atoms with Gasteiger partial charge in [0.1, 0.15) is 5.60 Å². The normalized spacial score (nSPS) is 51.1. The van der Waals surface area contributed by atoms with Gasteiger partial charge in [-0.15, -0.1) is 0 Å². The minimum Gasteiger partial charge on any atom is -0.393 e. The first-order chi connectivity index (χ1) is 7.02. The number of carbonyl (C=O) groups excluding carboxylic acids is 2. The summed E-state index contributed by atoms with van der Waals surface area (Å²) in [5.74, 6) is -1.72. The number of amides is 2.